The lowest BCUT2D eigenvalue weighted by molar-refractivity contribution is 0.1000. The van der Waals surface area contributed by atoms with Gasteiger partial charge in [-0.1, -0.05) is 24.3 Å². The second-order valence-electron chi connectivity index (χ2n) is 6.75. The van der Waals surface area contributed by atoms with E-state index in [4.69, 9.17) is 10.5 Å². The number of carbonyl (C=O) groups excluding carboxylic acids is 1. The Hall–Kier alpha value is -3.07. The maximum atomic E-state index is 11.4. The van der Waals surface area contributed by atoms with E-state index in [0.29, 0.717) is 12.2 Å². The van der Waals surface area contributed by atoms with Gasteiger partial charge in [-0.15, -0.1) is 0 Å². The summed E-state index contributed by atoms with van der Waals surface area (Å²) in [5.74, 6) is 0.406. The Labute approximate surface area is 188 Å². The summed E-state index contributed by atoms with van der Waals surface area (Å²) < 4.78 is 6.85. The molecule has 0 saturated carbocycles. The molecule has 1 atom stereocenters. The highest BCUT2D eigenvalue weighted by atomic mass is 127. The van der Waals surface area contributed by atoms with Gasteiger partial charge in [-0.05, 0) is 71.5 Å². The van der Waals surface area contributed by atoms with Crippen molar-refractivity contribution in [1.29, 1.82) is 0 Å². The van der Waals surface area contributed by atoms with E-state index in [1.54, 1.807) is 18.3 Å². The number of rotatable bonds is 6. The molecule has 4 N–H and O–H groups in total. The molecule has 0 spiro atoms. The zero-order valence-electron chi connectivity index (χ0n) is 16.4. The Morgan fingerprint density at radius 3 is 2.53 bits per heavy atom. The molecule has 30 heavy (non-hydrogen) atoms. The van der Waals surface area contributed by atoms with Crippen molar-refractivity contribution in [2.24, 2.45) is 5.73 Å². The molecule has 152 valence electrons. The zero-order valence-corrected chi connectivity index (χ0v) is 18.5. The summed E-state index contributed by atoms with van der Waals surface area (Å²) in [6, 6.07) is 19.2. The molecule has 7 heteroatoms. The van der Waals surface area contributed by atoms with Crippen molar-refractivity contribution in [3.05, 3.63) is 92.8 Å². The summed E-state index contributed by atoms with van der Waals surface area (Å²) in [4.78, 5) is 15.9. The molecule has 0 radical (unpaired) electrons. The third-order valence-corrected chi connectivity index (χ3v) is 5.69. The van der Waals surface area contributed by atoms with Crippen LogP contribution in [-0.4, -0.2) is 17.5 Å². The summed E-state index contributed by atoms with van der Waals surface area (Å²) in [6.07, 6.45) is 1.60. The number of primary amides is 1. The van der Waals surface area contributed by atoms with Gasteiger partial charge >= 0.3 is 0 Å². The highest BCUT2D eigenvalue weighted by Crippen LogP contribution is 2.34. The molecule has 1 aromatic heterocycles. The number of amides is 1. The molecule has 4 rings (SSSR count). The SMILES string of the molecule is CCOc1cc(C2=C(c3ccccn3)NC(c3ccc(C(N)=O)cc3)N2)ccc1I. The molecule has 3 aromatic rings. The van der Waals surface area contributed by atoms with Gasteiger partial charge in [0.15, 0.2) is 0 Å². The molecular formula is C23H21IN4O2. The number of nitrogens with zero attached hydrogens (tertiary/aromatic N) is 1. The van der Waals surface area contributed by atoms with Crippen LogP contribution in [0.3, 0.4) is 0 Å². The number of aromatic nitrogens is 1. The van der Waals surface area contributed by atoms with Crippen LogP contribution in [0.15, 0.2) is 66.9 Å². The van der Waals surface area contributed by atoms with Crippen LogP contribution in [0.1, 0.15) is 40.3 Å². The second-order valence-corrected chi connectivity index (χ2v) is 7.91. The van der Waals surface area contributed by atoms with Gasteiger partial charge in [0.2, 0.25) is 5.91 Å². The van der Waals surface area contributed by atoms with Crippen LogP contribution in [0, 0.1) is 3.57 Å². The minimum absolute atomic E-state index is 0.172. The van der Waals surface area contributed by atoms with Crippen LogP contribution in [-0.2, 0) is 0 Å². The van der Waals surface area contributed by atoms with Gasteiger partial charge in [0, 0.05) is 17.3 Å². The van der Waals surface area contributed by atoms with E-state index in [2.05, 4.69) is 44.3 Å². The number of pyridine rings is 1. The van der Waals surface area contributed by atoms with Crippen LogP contribution in [0.5, 0.6) is 5.75 Å². The minimum atomic E-state index is -0.441. The van der Waals surface area contributed by atoms with Crippen molar-refractivity contribution < 1.29 is 9.53 Å². The summed E-state index contributed by atoms with van der Waals surface area (Å²) in [5.41, 5.74) is 10.5. The lowest BCUT2D eigenvalue weighted by Crippen LogP contribution is -2.23. The largest absolute Gasteiger partial charge is 0.493 e. The average Bonchev–Trinajstić information content (AvgIpc) is 3.21. The van der Waals surface area contributed by atoms with E-state index in [0.717, 1.165) is 37.5 Å². The maximum absolute atomic E-state index is 11.4. The number of carbonyl (C=O) groups is 1. The van der Waals surface area contributed by atoms with E-state index in [9.17, 15) is 4.79 Å². The molecule has 0 saturated heterocycles. The first-order chi connectivity index (χ1) is 14.6. The number of nitrogens with two attached hydrogens (primary N) is 1. The number of nitrogens with one attached hydrogen (secondary N) is 2. The van der Waals surface area contributed by atoms with Crippen molar-refractivity contribution in [2.75, 3.05) is 6.61 Å². The molecule has 0 bridgehead atoms. The number of halogens is 1. The quantitative estimate of drug-likeness (QED) is 0.436. The molecule has 1 aliphatic heterocycles. The number of hydrogen-bond donors (Lipinski definition) is 3. The first-order valence-electron chi connectivity index (χ1n) is 9.58. The van der Waals surface area contributed by atoms with Gasteiger partial charge in [-0.25, -0.2) is 0 Å². The zero-order chi connectivity index (χ0) is 21.1. The van der Waals surface area contributed by atoms with Crippen molar-refractivity contribution >= 4 is 39.9 Å². The van der Waals surface area contributed by atoms with E-state index in [-0.39, 0.29) is 6.17 Å². The van der Waals surface area contributed by atoms with E-state index >= 15 is 0 Å². The molecule has 0 fully saturated rings. The van der Waals surface area contributed by atoms with E-state index in [1.165, 1.54) is 0 Å². The predicted octanol–water partition coefficient (Wildman–Crippen LogP) is 3.90. The molecular weight excluding hydrogens is 491 g/mol. The maximum Gasteiger partial charge on any atom is 0.248 e. The Kier molecular flexibility index (Phi) is 5.89. The van der Waals surface area contributed by atoms with Gasteiger partial charge in [0.1, 0.15) is 11.9 Å². The summed E-state index contributed by atoms with van der Waals surface area (Å²) >= 11 is 2.27. The number of ether oxygens (including phenoxy) is 1. The third kappa shape index (κ3) is 4.11. The average molecular weight is 512 g/mol. The smallest absolute Gasteiger partial charge is 0.248 e. The Morgan fingerprint density at radius 2 is 1.87 bits per heavy atom. The van der Waals surface area contributed by atoms with Crippen LogP contribution >= 0.6 is 22.6 Å². The first-order valence-corrected chi connectivity index (χ1v) is 10.7. The Balaban J connectivity index is 1.73. The van der Waals surface area contributed by atoms with Crippen LogP contribution in [0.4, 0.5) is 0 Å². The summed E-state index contributed by atoms with van der Waals surface area (Å²) in [5, 5.41) is 7.10. The van der Waals surface area contributed by atoms with Crippen molar-refractivity contribution in [1.82, 2.24) is 15.6 Å². The molecule has 2 aromatic carbocycles. The van der Waals surface area contributed by atoms with Crippen LogP contribution < -0.4 is 21.1 Å². The van der Waals surface area contributed by atoms with Crippen molar-refractivity contribution in [3.8, 4) is 5.75 Å². The van der Waals surface area contributed by atoms with Crippen molar-refractivity contribution in [3.63, 3.8) is 0 Å². The summed E-state index contributed by atoms with van der Waals surface area (Å²) in [7, 11) is 0. The summed E-state index contributed by atoms with van der Waals surface area (Å²) in [6.45, 7) is 2.58. The molecule has 6 nitrogen and oxygen atoms in total. The minimum Gasteiger partial charge on any atom is -0.493 e. The lowest BCUT2D eigenvalue weighted by Gasteiger charge is -2.15. The Bertz CT molecular complexity index is 1100. The van der Waals surface area contributed by atoms with Crippen LogP contribution in [0.2, 0.25) is 0 Å². The highest BCUT2D eigenvalue weighted by molar-refractivity contribution is 14.1. The predicted molar refractivity (Wildman–Crippen MR) is 125 cm³/mol. The van der Waals surface area contributed by atoms with Gasteiger partial charge in [0.25, 0.3) is 0 Å². The van der Waals surface area contributed by atoms with Gasteiger partial charge < -0.3 is 21.1 Å². The standard InChI is InChI=1S/C23H21IN4O2/c1-2-30-19-13-16(10-11-17(19)24)20-21(18-5-3-4-12-26-18)28-23(27-20)15-8-6-14(7-9-15)22(25)29/h3-13,23,27-28H,2H2,1H3,(H2,25,29). The number of benzene rings is 2. The second kappa shape index (κ2) is 8.74. The fourth-order valence-electron chi connectivity index (χ4n) is 3.34. The third-order valence-electron chi connectivity index (χ3n) is 4.80. The van der Waals surface area contributed by atoms with Gasteiger partial charge in [-0.2, -0.15) is 0 Å². The lowest BCUT2D eigenvalue weighted by atomic mass is 10.1. The molecule has 0 aliphatic carbocycles. The van der Waals surface area contributed by atoms with Crippen LogP contribution in [0.25, 0.3) is 11.4 Å². The number of hydrogen-bond acceptors (Lipinski definition) is 5. The topological polar surface area (TPSA) is 89.3 Å². The van der Waals surface area contributed by atoms with Gasteiger partial charge in [-0.3, -0.25) is 9.78 Å². The Morgan fingerprint density at radius 1 is 1.10 bits per heavy atom. The fourth-order valence-corrected chi connectivity index (χ4v) is 3.83. The highest BCUT2D eigenvalue weighted by Gasteiger charge is 2.27. The molecule has 1 unspecified atom stereocenters. The fraction of sp³-hybridized carbons (Fsp3) is 0.130. The molecule has 1 amide bonds. The normalized spacial score (nSPS) is 15.5. The first kappa shape index (κ1) is 20.2. The van der Waals surface area contributed by atoms with Gasteiger partial charge in [0.05, 0.1) is 27.3 Å². The van der Waals surface area contributed by atoms with Crippen molar-refractivity contribution in [2.45, 2.75) is 13.1 Å². The molecule has 2 heterocycles. The molecule has 1 aliphatic rings. The monoisotopic (exact) mass is 512 g/mol. The van der Waals surface area contributed by atoms with E-state index in [1.807, 2.05) is 49.4 Å². The van der Waals surface area contributed by atoms with E-state index < -0.39 is 5.91 Å².